The zero-order chi connectivity index (χ0) is 21.6. The number of hydrogen-bond acceptors (Lipinski definition) is 6. The quantitative estimate of drug-likeness (QED) is 0.172. The third-order valence-corrected chi connectivity index (χ3v) is 6.01. The lowest BCUT2D eigenvalue weighted by Crippen LogP contribution is -2.03. The van der Waals surface area contributed by atoms with Crippen LogP contribution in [-0.4, -0.2) is 36.2 Å². The van der Waals surface area contributed by atoms with Gasteiger partial charge in [0.15, 0.2) is 0 Å². The Morgan fingerprint density at radius 2 is 0.933 bits per heavy atom. The van der Waals surface area contributed by atoms with E-state index in [1.807, 2.05) is 0 Å². The van der Waals surface area contributed by atoms with Gasteiger partial charge in [-0.2, -0.15) is 50.5 Å². The highest BCUT2D eigenvalue weighted by Crippen LogP contribution is 2.38. The molecule has 166 valence electrons. The summed E-state index contributed by atoms with van der Waals surface area (Å²) in [6.07, 6.45) is 5.94. The van der Waals surface area contributed by atoms with Crippen molar-refractivity contribution in [2.45, 2.75) is 38.5 Å². The lowest BCUT2D eigenvalue weighted by Gasteiger charge is -2.18. The van der Waals surface area contributed by atoms with Gasteiger partial charge < -0.3 is 9.47 Å². The van der Waals surface area contributed by atoms with E-state index in [1.165, 1.54) is 11.1 Å². The maximum Gasteiger partial charge on any atom is 0.127 e. The van der Waals surface area contributed by atoms with Gasteiger partial charge in [0.1, 0.15) is 11.5 Å². The summed E-state index contributed by atoms with van der Waals surface area (Å²) >= 11 is 17.4. The molecule has 30 heavy (non-hydrogen) atoms. The summed E-state index contributed by atoms with van der Waals surface area (Å²) in [4.78, 5) is 0. The van der Waals surface area contributed by atoms with E-state index in [0.717, 1.165) is 84.2 Å². The molecular weight excluding hydrogens is 449 g/mol. The molecule has 0 atom stereocenters. The van der Waals surface area contributed by atoms with Crippen molar-refractivity contribution in [3.63, 3.8) is 0 Å². The van der Waals surface area contributed by atoms with E-state index < -0.39 is 0 Å². The van der Waals surface area contributed by atoms with Crippen molar-refractivity contribution in [1.29, 1.82) is 0 Å². The van der Waals surface area contributed by atoms with Crippen LogP contribution in [0.1, 0.15) is 36.8 Å². The third kappa shape index (κ3) is 8.52. The zero-order valence-electron chi connectivity index (χ0n) is 17.6. The monoisotopic (exact) mass is 482 g/mol. The Kier molecular flexibility index (Phi) is 13.1. The average Bonchev–Trinajstić information content (AvgIpc) is 2.77. The summed E-state index contributed by atoms with van der Waals surface area (Å²) in [6, 6.07) is 13.0. The molecule has 2 aromatic rings. The molecule has 0 N–H and O–H groups in total. The summed E-state index contributed by atoms with van der Waals surface area (Å²) in [5.74, 6) is 5.19. The maximum atomic E-state index is 6.15. The first-order valence-corrected chi connectivity index (χ1v) is 13.2. The molecule has 0 spiro atoms. The second-order valence-corrected chi connectivity index (χ2v) is 8.96. The molecule has 0 saturated carbocycles. The molecule has 2 nitrogen and oxygen atoms in total. The molecule has 0 amide bonds. The van der Waals surface area contributed by atoms with Gasteiger partial charge in [-0.25, -0.2) is 0 Å². The molecule has 0 aliphatic carbocycles. The number of thiol groups is 4. The van der Waals surface area contributed by atoms with Crippen LogP contribution in [0.2, 0.25) is 0 Å². The van der Waals surface area contributed by atoms with E-state index in [0.29, 0.717) is 13.2 Å². The van der Waals surface area contributed by atoms with E-state index in [1.54, 1.807) is 0 Å². The van der Waals surface area contributed by atoms with Crippen molar-refractivity contribution in [3.8, 4) is 22.6 Å². The fourth-order valence-corrected chi connectivity index (χ4v) is 3.77. The molecule has 2 aromatic carbocycles. The third-order valence-electron chi connectivity index (χ3n) is 4.75. The zero-order valence-corrected chi connectivity index (χ0v) is 21.1. The van der Waals surface area contributed by atoms with Crippen LogP contribution in [-0.2, 0) is 12.8 Å². The Morgan fingerprint density at radius 3 is 1.30 bits per heavy atom. The van der Waals surface area contributed by atoms with Crippen molar-refractivity contribution in [2.75, 3.05) is 36.2 Å². The highest BCUT2D eigenvalue weighted by atomic mass is 32.1. The van der Waals surface area contributed by atoms with Crippen LogP contribution in [0.15, 0.2) is 36.4 Å². The van der Waals surface area contributed by atoms with Gasteiger partial charge in [0.25, 0.3) is 0 Å². The lowest BCUT2D eigenvalue weighted by atomic mass is 9.96. The average molecular weight is 483 g/mol. The predicted molar refractivity (Wildman–Crippen MR) is 144 cm³/mol. The minimum atomic E-state index is 0.654. The Labute approximate surface area is 204 Å². The molecule has 0 radical (unpaired) electrons. The molecule has 0 saturated heterocycles. The van der Waals surface area contributed by atoms with Gasteiger partial charge in [0.05, 0.1) is 13.2 Å². The van der Waals surface area contributed by atoms with Gasteiger partial charge in [0.2, 0.25) is 0 Å². The summed E-state index contributed by atoms with van der Waals surface area (Å²) in [5.41, 5.74) is 4.78. The van der Waals surface area contributed by atoms with E-state index in [4.69, 9.17) is 9.47 Å². The molecule has 2 rings (SSSR count). The number of ether oxygens (including phenoxy) is 2. The van der Waals surface area contributed by atoms with Crippen LogP contribution in [0.5, 0.6) is 11.5 Å². The van der Waals surface area contributed by atoms with Gasteiger partial charge in [-0.05, 0) is 96.9 Å². The topological polar surface area (TPSA) is 18.5 Å². The SMILES string of the molecule is SCCCOc1ccc(CCCS)cc1-c1cc(CCCS)ccc1OCCCS. The fourth-order valence-electron chi connectivity index (χ4n) is 3.20. The van der Waals surface area contributed by atoms with E-state index in [-0.39, 0.29) is 0 Å². The number of benzene rings is 2. The normalized spacial score (nSPS) is 10.9. The van der Waals surface area contributed by atoms with Gasteiger partial charge in [0, 0.05) is 11.1 Å². The van der Waals surface area contributed by atoms with Crippen LogP contribution in [0.3, 0.4) is 0 Å². The van der Waals surface area contributed by atoms with Gasteiger partial charge in [-0.3, -0.25) is 0 Å². The molecule has 0 aliphatic rings. The van der Waals surface area contributed by atoms with Gasteiger partial charge in [-0.15, -0.1) is 0 Å². The minimum Gasteiger partial charge on any atom is -0.493 e. The van der Waals surface area contributed by atoms with Crippen LogP contribution in [0, 0.1) is 0 Å². The van der Waals surface area contributed by atoms with Crippen molar-refractivity contribution in [3.05, 3.63) is 47.5 Å². The van der Waals surface area contributed by atoms with Gasteiger partial charge >= 0.3 is 0 Å². The highest BCUT2D eigenvalue weighted by molar-refractivity contribution is 7.80. The lowest BCUT2D eigenvalue weighted by molar-refractivity contribution is 0.315. The Balaban J connectivity index is 2.45. The standard InChI is InChI=1S/C24H34O2S4/c27-13-1-5-19-7-9-23(25-11-3-15-29)21(17-19)22-18-20(6-2-14-28)8-10-24(22)26-12-4-16-30/h7-10,17-18,27-30H,1-6,11-16H2. The molecule has 0 fully saturated rings. The molecule has 0 heterocycles. The van der Waals surface area contributed by atoms with E-state index in [2.05, 4.69) is 86.9 Å². The minimum absolute atomic E-state index is 0.654. The first-order chi connectivity index (χ1) is 14.7. The summed E-state index contributed by atoms with van der Waals surface area (Å²) in [7, 11) is 0. The second kappa shape index (κ2) is 15.3. The van der Waals surface area contributed by atoms with Crippen molar-refractivity contribution >= 4 is 50.5 Å². The number of aryl methyl sites for hydroxylation is 2. The summed E-state index contributed by atoms with van der Waals surface area (Å²) in [5, 5.41) is 0. The molecule has 0 aromatic heterocycles. The van der Waals surface area contributed by atoms with Crippen molar-refractivity contribution in [1.82, 2.24) is 0 Å². The largest absolute Gasteiger partial charge is 0.493 e. The maximum absolute atomic E-state index is 6.15. The number of rotatable bonds is 15. The Morgan fingerprint density at radius 1 is 0.533 bits per heavy atom. The first-order valence-electron chi connectivity index (χ1n) is 10.7. The Bertz CT molecular complexity index is 688. The van der Waals surface area contributed by atoms with Crippen molar-refractivity contribution < 1.29 is 9.47 Å². The molecular formula is C24H34O2S4. The summed E-state index contributed by atoms with van der Waals surface area (Å²) in [6.45, 7) is 1.31. The van der Waals surface area contributed by atoms with Crippen LogP contribution in [0.4, 0.5) is 0 Å². The van der Waals surface area contributed by atoms with Crippen LogP contribution >= 0.6 is 50.5 Å². The van der Waals surface area contributed by atoms with E-state index in [9.17, 15) is 0 Å². The van der Waals surface area contributed by atoms with Crippen LogP contribution in [0.25, 0.3) is 11.1 Å². The van der Waals surface area contributed by atoms with Crippen LogP contribution < -0.4 is 9.47 Å². The number of hydrogen-bond donors (Lipinski definition) is 4. The predicted octanol–water partition coefficient (Wildman–Crippen LogP) is 6.48. The summed E-state index contributed by atoms with van der Waals surface area (Å²) < 4.78 is 12.3. The molecule has 6 heteroatoms. The first kappa shape index (κ1) is 25.7. The van der Waals surface area contributed by atoms with Gasteiger partial charge in [-0.1, -0.05) is 12.1 Å². The van der Waals surface area contributed by atoms with Crippen molar-refractivity contribution in [2.24, 2.45) is 0 Å². The molecule has 0 unspecified atom stereocenters. The fraction of sp³-hybridized carbons (Fsp3) is 0.500. The second-order valence-electron chi connectivity index (χ2n) is 7.17. The smallest absolute Gasteiger partial charge is 0.127 e. The molecule has 0 bridgehead atoms. The molecule has 0 aliphatic heterocycles. The highest BCUT2D eigenvalue weighted by Gasteiger charge is 2.14. The van der Waals surface area contributed by atoms with E-state index >= 15 is 0 Å². The Hall–Kier alpha value is -0.560.